The summed E-state index contributed by atoms with van der Waals surface area (Å²) >= 11 is 0. The number of benzene rings is 3. The van der Waals surface area contributed by atoms with Crippen LogP contribution in [0, 0.1) is 5.82 Å². The zero-order chi connectivity index (χ0) is 26.7. The molecular weight excluding hydrogens is 481 g/mol. The third-order valence-corrected chi connectivity index (χ3v) is 6.08. The molecule has 190 valence electrons. The van der Waals surface area contributed by atoms with Gasteiger partial charge in [0.15, 0.2) is 0 Å². The van der Waals surface area contributed by atoms with Crippen molar-refractivity contribution in [3.05, 3.63) is 94.8 Å². The highest BCUT2D eigenvalue weighted by Crippen LogP contribution is 2.43. The van der Waals surface area contributed by atoms with Crippen molar-refractivity contribution in [1.82, 2.24) is 0 Å². The van der Waals surface area contributed by atoms with E-state index in [2.05, 4.69) is 4.74 Å². The molecule has 1 unspecified atom stereocenters. The summed E-state index contributed by atoms with van der Waals surface area (Å²) < 4.78 is 29.3. The van der Waals surface area contributed by atoms with Gasteiger partial charge in [0.2, 0.25) is 0 Å². The molecule has 9 heteroatoms. The maximum Gasteiger partial charge on any atom is 0.309 e. The van der Waals surface area contributed by atoms with E-state index in [1.54, 1.807) is 48.5 Å². The van der Waals surface area contributed by atoms with Gasteiger partial charge in [-0.1, -0.05) is 24.3 Å². The van der Waals surface area contributed by atoms with Crippen LogP contribution in [-0.4, -0.2) is 44.1 Å². The highest BCUT2D eigenvalue weighted by molar-refractivity contribution is 6.51. The average molecular weight is 505 g/mol. The Hall–Kier alpha value is -4.66. The number of halogens is 1. The van der Waals surface area contributed by atoms with Gasteiger partial charge in [-0.15, -0.1) is 0 Å². The van der Waals surface area contributed by atoms with E-state index in [1.807, 2.05) is 0 Å². The monoisotopic (exact) mass is 505 g/mol. The predicted octanol–water partition coefficient (Wildman–Crippen LogP) is 4.18. The minimum atomic E-state index is -1.04. The number of ketones is 1. The molecule has 0 saturated carbocycles. The lowest BCUT2D eigenvalue weighted by Crippen LogP contribution is -2.29. The Morgan fingerprint density at radius 2 is 1.62 bits per heavy atom. The number of methoxy groups -OCH3 is 3. The SMILES string of the molecule is COC(=O)Cc1ccc(N2C(=O)C(=O)/C(=C(/O)c3cc(F)ccc3OC)C2c2ccc(OC)cc2)cc1. The fourth-order valence-corrected chi connectivity index (χ4v) is 4.22. The van der Waals surface area contributed by atoms with Crippen molar-refractivity contribution in [3.63, 3.8) is 0 Å². The molecule has 0 aromatic heterocycles. The van der Waals surface area contributed by atoms with E-state index in [4.69, 9.17) is 9.47 Å². The van der Waals surface area contributed by atoms with Crippen LogP contribution in [0.1, 0.15) is 22.7 Å². The second kappa shape index (κ2) is 10.5. The normalized spacial score (nSPS) is 16.5. The van der Waals surface area contributed by atoms with E-state index in [0.717, 1.165) is 12.1 Å². The number of ether oxygens (including phenoxy) is 3. The van der Waals surface area contributed by atoms with Crippen LogP contribution >= 0.6 is 0 Å². The van der Waals surface area contributed by atoms with Crippen LogP contribution in [0.25, 0.3) is 5.76 Å². The Morgan fingerprint density at radius 1 is 0.946 bits per heavy atom. The zero-order valence-electron chi connectivity index (χ0n) is 20.4. The number of nitrogens with zero attached hydrogens (tertiary/aromatic N) is 1. The molecule has 1 N–H and O–H groups in total. The molecule has 0 bridgehead atoms. The van der Waals surface area contributed by atoms with Gasteiger partial charge in [0, 0.05) is 5.69 Å². The van der Waals surface area contributed by atoms with Crippen molar-refractivity contribution < 1.29 is 38.1 Å². The number of aliphatic hydroxyl groups is 1. The molecule has 3 aromatic rings. The highest BCUT2D eigenvalue weighted by Gasteiger charge is 2.47. The van der Waals surface area contributed by atoms with E-state index in [9.17, 15) is 23.9 Å². The predicted molar refractivity (Wildman–Crippen MR) is 133 cm³/mol. The molecular formula is C28H24FNO7. The first-order valence-corrected chi connectivity index (χ1v) is 11.2. The van der Waals surface area contributed by atoms with Gasteiger partial charge in [0.05, 0.1) is 44.9 Å². The number of amides is 1. The molecule has 8 nitrogen and oxygen atoms in total. The summed E-state index contributed by atoms with van der Waals surface area (Å²) in [5, 5.41) is 11.3. The Labute approximate surface area is 212 Å². The van der Waals surface area contributed by atoms with E-state index in [-0.39, 0.29) is 23.3 Å². The van der Waals surface area contributed by atoms with Crippen LogP contribution < -0.4 is 14.4 Å². The summed E-state index contributed by atoms with van der Waals surface area (Å²) in [6.07, 6.45) is 0.0386. The largest absolute Gasteiger partial charge is 0.507 e. The smallest absolute Gasteiger partial charge is 0.309 e. The van der Waals surface area contributed by atoms with Crippen molar-refractivity contribution in [3.8, 4) is 11.5 Å². The number of Topliss-reactive ketones (excluding diaryl/α,β-unsaturated/α-hetero) is 1. The first kappa shape index (κ1) is 25.4. The number of esters is 1. The third kappa shape index (κ3) is 4.88. The van der Waals surface area contributed by atoms with Crippen LogP contribution in [0.2, 0.25) is 0 Å². The molecule has 1 amide bonds. The average Bonchev–Trinajstić information content (AvgIpc) is 3.18. The first-order valence-electron chi connectivity index (χ1n) is 11.2. The van der Waals surface area contributed by atoms with Gasteiger partial charge in [-0.25, -0.2) is 4.39 Å². The van der Waals surface area contributed by atoms with Crippen molar-refractivity contribution in [2.24, 2.45) is 0 Å². The lowest BCUT2D eigenvalue weighted by atomic mass is 9.94. The van der Waals surface area contributed by atoms with E-state index < -0.39 is 35.3 Å². The molecule has 0 radical (unpaired) electrons. The van der Waals surface area contributed by atoms with Gasteiger partial charge in [-0.05, 0) is 53.6 Å². The molecule has 0 aliphatic carbocycles. The molecule has 3 aromatic carbocycles. The second-order valence-electron chi connectivity index (χ2n) is 8.21. The Kier molecular flexibility index (Phi) is 7.24. The number of carbonyl (C=O) groups excluding carboxylic acids is 3. The lowest BCUT2D eigenvalue weighted by Gasteiger charge is -2.26. The summed E-state index contributed by atoms with van der Waals surface area (Å²) in [7, 11) is 4.14. The van der Waals surface area contributed by atoms with Crippen LogP contribution in [0.4, 0.5) is 10.1 Å². The molecule has 4 rings (SSSR count). The number of hydrogen-bond donors (Lipinski definition) is 1. The molecule has 1 aliphatic heterocycles. The third-order valence-electron chi connectivity index (χ3n) is 6.08. The summed E-state index contributed by atoms with van der Waals surface area (Å²) in [6, 6.07) is 15.6. The van der Waals surface area contributed by atoms with Gasteiger partial charge < -0.3 is 19.3 Å². The zero-order valence-corrected chi connectivity index (χ0v) is 20.4. The molecule has 1 saturated heterocycles. The molecule has 1 fully saturated rings. The fraction of sp³-hybridized carbons (Fsp3) is 0.179. The Morgan fingerprint density at radius 3 is 2.22 bits per heavy atom. The molecule has 37 heavy (non-hydrogen) atoms. The minimum Gasteiger partial charge on any atom is -0.507 e. The van der Waals surface area contributed by atoms with Gasteiger partial charge in [0.25, 0.3) is 11.7 Å². The quantitative estimate of drug-likeness (QED) is 0.222. The van der Waals surface area contributed by atoms with Gasteiger partial charge in [0.1, 0.15) is 23.1 Å². The van der Waals surface area contributed by atoms with Crippen LogP contribution in [0.15, 0.2) is 72.3 Å². The molecule has 0 spiro atoms. The summed E-state index contributed by atoms with van der Waals surface area (Å²) in [5.41, 5.74) is 1.24. The van der Waals surface area contributed by atoms with Crippen molar-refractivity contribution in [1.29, 1.82) is 0 Å². The first-order chi connectivity index (χ1) is 17.8. The summed E-state index contributed by atoms with van der Waals surface area (Å²) in [4.78, 5) is 39.5. The van der Waals surface area contributed by atoms with E-state index in [1.165, 1.54) is 32.3 Å². The number of rotatable bonds is 7. The van der Waals surface area contributed by atoms with Gasteiger partial charge in [-0.3, -0.25) is 19.3 Å². The summed E-state index contributed by atoms with van der Waals surface area (Å²) in [5.74, 6) is -2.78. The van der Waals surface area contributed by atoms with Crippen LogP contribution in [0.3, 0.4) is 0 Å². The topological polar surface area (TPSA) is 102 Å². The maximum atomic E-state index is 14.1. The lowest BCUT2D eigenvalue weighted by molar-refractivity contribution is -0.139. The van der Waals surface area contributed by atoms with E-state index >= 15 is 0 Å². The number of anilines is 1. The summed E-state index contributed by atoms with van der Waals surface area (Å²) in [6.45, 7) is 0. The second-order valence-corrected chi connectivity index (χ2v) is 8.21. The minimum absolute atomic E-state index is 0.0386. The Bertz CT molecular complexity index is 1380. The fourth-order valence-electron chi connectivity index (χ4n) is 4.22. The number of hydrogen-bond acceptors (Lipinski definition) is 7. The van der Waals surface area contributed by atoms with Crippen LogP contribution in [0.5, 0.6) is 11.5 Å². The van der Waals surface area contributed by atoms with E-state index in [0.29, 0.717) is 22.6 Å². The highest BCUT2D eigenvalue weighted by atomic mass is 19.1. The maximum absolute atomic E-state index is 14.1. The van der Waals surface area contributed by atoms with Crippen molar-refractivity contribution in [2.45, 2.75) is 12.5 Å². The van der Waals surface area contributed by atoms with Gasteiger partial charge in [-0.2, -0.15) is 0 Å². The molecule has 1 atom stereocenters. The molecule has 1 aliphatic rings. The number of aliphatic hydroxyl groups excluding tert-OH is 1. The number of carbonyl (C=O) groups is 3. The van der Waals surface area contributed by atoms with Gasteiger partial charge >= 0.3 is 5.97 Å². The van der Waals surface area contributed by atoms with Crippen molar-refractivity contribution >= 4 is 29.1 Å². The Balaban J connectivity index is 1.89. The standard InChI is InChI=1S/C28H24FNO7/c1-35-20-11-6-17(7-12-20)25-24(26(32)21-15-18(29)8-13-22(21)36-2)27(33)28(34)30(25)19-9-4-16(5-10-19)14-23(31)37-3/h4-13,15,25,32H,14H2,1-3H3/b26-24+. The van der Waals surface area contributed by atoms with Crippen molar-refractivity contribution in [2.75, 3.05) is 26.2 Å². The van der Waals surface area contributed by atoms with Crippen LogP contribution in [-0.2, 0) is 25.5 Å². The molecule has 1 heterocycles.